The summed E-state index contributed by atoms with van der Waals surface area (Å²) in [7, 11) is 1.69. The van der Waals surface area contributed by atoms with E-state index in [1.165, 1.54) is 5.56 Å². The molecule has 1 aliphatic heterocycles. The predicted octanol–water partition coefficient (Wildman–Crippen LogP) is 3.02. The van der Waals surface area contributed by atoms with Crippen LogP contribution in [0.2, 0.25) is 0 Å². The molecule has 1 atom stereocenters. The lowest BCUT2D eigenvalue weighted by Crippen LogP contribution is -2.53. The molecule has 0 radical (unpaired) electrons. The van der Waals surface area contributed by atoms with Crippen LogP contribution >= 0.6 is 11.3 Å². The molecule has 1 aliphatic rings. The summed E-state index contributed by atoms with van der Waals surface area (Å²) in [6.45, 7) is 11.7. The van der Waals surface area contributed by atoms with E-state index in [1.807, 2.05) is 10.7 Å². The number of hydrogen-bond acceptors (Lipinski definition) is 7. The van der Waals surface area contributed by atoms with Gasteiger partial charge < -0.3 is 15.2 Å². The molecule has 0 spiro atoms. The Morgan fingerprint density at radius 3 is 2.91 bits per heavy atom. The Bertz CT molecular complexity index is 1320. The molecule has 9 nitrogen and oxygen atoms in total. The van der Waals surface area contributed by atoms with Crippen LogP contribution in [-0.2, 0) is 4.79 Å². The molecular formula is C23H30N8OS. The number of hydrogen-bond donors (Lipinski definition) is 2. The predicted molar refractivity (Wildman–Crippen MR) is 132 cm³/mol. The number of H-pyrrole nitrogens is 1. The van der Waals surface area contributed by atoms with Crippen LogP contribution in [0.3, 0.4) is 0 Å². The van der Waals surface area contributed by atoms with Gasteiger partial charge in [0.05, 0.1) is 12.2 Å². The number of thiazole rings is 1. The SMILES string of the molecule is CNC(=O)CN1CCN(c2nc3c(C(C)C)c(-c4cc(C)c5ncnn5c4)[nH]c3s2)C(C)C1. The molecule has 4 aromatic heterocycles. The van der Waals surface area contributed by atoms with Gasteiger partial charge in [0.25, 0.3) is 0 Å². The van der Waals surface area contributed by atoms with Gasteiger partial charge >= 0.3 is 0 Å². The van der Waals surface area contributed by atoms with Gasteiger partial charge in [0.1, 0.15) is 16.7 Å². The molecule has 0 bridgehead atoms. The van der Waals surface area contributed by atoms with Gasteiger partial charge in [-0.25, -0.2) is 14.5 Å². The van der Waals surface area contributed by atoms with Crippen LogP contribution in [0.4, 0.5) is 5.13 Å². The molecule has 4 aromatic rings. The van der Waals surface area contributed by atoms with Gasteiger partial charge in [-0.05, 0) is 31.4 Å². The standard InChI is InChI=1S/C23H30N8OS/c1-13(2)18-19(16-8-14(3)21-25-12-26-31(21)10-16)27-22-20(18)28-23(33-22)30-7-6-29(9-15(30)4)11-17(32)24-5/h8,10,12-13,15,27H,6-7,9,11H2,1-5H3,(H,24,32). The van der Waals surface area contributed by atoms with E-state index in [0.717, 1.165) is 57.6 Å². The highest BCUT2D eigenvalue weighted by Gasteiger charge is 2.29. The Morgan fingerprint density at radius 2 is 2.18 bits per heavy atom. The number of carbonyl (C=O) groups excluding carboxylic acids is 1. The zero-order chi connectivity index (χ0) is 23.3. The van der Waals surface area contributed by atoms with Gasteiger partial charge in [-0.3, -0.25) is 9.69 Å². The number of carbonyl (C=O) groups is 1. The highest BCUT2D eigenvalue weighted by atomic mass is 32.1. The Hall–Kier alpha value is -2.98. The molecule has 1 amide bonds. The third kappa shape index (κ3) is 3.87. The quantitative estimate of drug-likeness (QED) is 0.470. The van der Waals surface area contributed by atoms with Crippen molar-refractivity contribution in [2.45, 2.75) is 39.7 Å². The van der Waals surface area contributed by atoms with Crippen LogP contribution in [0.15, 0.2) is 18.6 Å². The van der Waals surface area contributed by atoms with E-state index in [9.17, 15) is 4.79 Å². The summed E-state index contributed by atoms with van der Waals surface area (Å²) in [6.07, 6.45) is 3.62. The van der Waals surface area contributed by atoms with E-state index in [4.69, 9.17) is 4.98 Å². The summed E-state index contributed by atoms with van der Waals surface area (Å²) in [5.74, 6) is 0.379. The van der Waals surface area contributed by atoms with E-state index < -0.39 is 0 Å². The molecule has 2 N–H and O–H groups in total. The van der Waals surface area contributed by atoms with Crippen molar-refractivity contribution in [3.63, 3.8) is 0 Å². The first kappa shape index (κ1) is 21.8. The molecular weight excluding hydrogens is 436 g/mol. The number of aromatic nitrogens is 5. The van der Waals surface area contributed by atoms with Crippen molar-refractivity contribution in [1.82, 2.24) is 34.8 Å². The van der Waals surface area contributed by atoms with Crippen molar-refractivity contribution in [2.75, 3.05) is 38.1 Å². The van der Waals surface area contributed by atoms with Crippen LogP contribution in [0.5, 0.6) is 0 Å². The molecule has 5 heterocycles. The minimum Gasteiger partial charge on any atom is -0.358 e. The molecule has 174 valence electrons. The third-order valence-electron chi connectivity index (χ3n) is 6.41. The molecule has 1 fully saturated rings. The fraction of sp³-hybridized carbons (Fsp3) is 0.478. The molecule has 0 aliphatic carbocycles. The molecule has 1 saturated heterocycles. The highest BCUT2D eigenvalue weighted by Crippen LogP contribution is 2.40. The number of likely N-dealkylation sites (N-methyl/N-ethyl adjacent to an activating group) is 1. The summed E-state index contributed by atoms with van der Waals surface area (Å²) in [4.78, 5) is 30.6. The van der Waals surface area contributed by atoms with Gasteiger partial charge in [0.15, 0.2) is 10.8 Å². The summed E-state index contributed by atoms with van der Waals surface area (Å²) in [5, 5.41) is 8.09. The largest absolute Gasteiger partial charge is 0.358 e. The number of rotatable bonds is 5. The maximum absolute atomic E-state index is 11.8. The fourth-order valence-corrected chi connectivity index (χ4v) is 5.87. The Kier molecular flexibility index (Phi) is 5.57. The normalized spacial score (nSPS) is 17.5. The van der Waals surface area contributed by atoms with Crippen molar-refractivity contribution in [1.29, 1.82) is 0 Å². The van der Waals surface area contributed by atoms with E-state index >= 15 is 0 Å². The van der Waals surface area contributed by atoms with Crippen LogP contribution in [0.1, 0.15) is 37.8 Å². The lowest BCUT2D eigenvalue weighted by molar-refractivity contribution is -0.121. The number of anilines is 1. The number of aryl methyl sites for hydroxylation is 1. The maximum Gasteiger partial charge on any atom is 0.233 e. The van der Waals surface area contributed by atoms with Gasteiger partial charge in [-0.1, -0.05) is 25.2 Å². The Labute approximate surface area is 196 Å². The van der Waals surface area contributed by atoms with Gasteiger partial charge in [-0.15, -0.1) is 0 Å². The second-order valence-corrected chi connectivity index (χ2v) is 10.1. The maximum atomic E-state index is 11.8. The number of amides is 1. The topological polar surface area (TPSA) is 94.4 Å². The van der Waals surface area contributed by atoms with Crippen molar-refractivity contribution in [2.24, 2.45) is 0 Å². The summed E-state index contributed by atoms with van der Waals surface area (Å²) in [6, 6.07) is 2.46. The third-order valence-corrected chi connectivity index (χ3v) is 7.42. The van der Waals surface area contributed by atoms with Crippen molar-refractivity contribution >= 4 is 38.4 Å². The molecule has 33 heavy (non-hydrogen) atoms. The van der Waals surface area contributed by atoms with Crippen molar-refractivity contribution in [3.05, 3.63) is 29.7 Å². The van der Waals surface area contributed by atoms with E-state index in [0.29, 0.717) is 12.5 Å². The van der Waals surface area contributed by atoms with Gasteiger partial charge in [-0.2, -0.15) is 5.10 Å². The van der Waals surface area contributed by atoms with Crippen molar-refractivity contribution in [3.8, 4) is 11.3 Å². The lowest BCUT2D eigenvalue weighted by Gasteiger charge is -2.39. The number of aromatic amines is 1. The molecule has 5 rings (SSSR count). The summed E-state index contributed by atoms with van der Waals surface area (Å²) >= 11 is 1.71. The number of pyridine rings is 1. The van der Waals surface area contributed by atoms with Gasteiger partial charge in [0, 0.05) is 50.0 Å². The average Bonchev–Trinajstić information content (AvgIpc) is 3.47. The minimum atomic E-state index is 0.0617. The second-order valence-electron chi connectivity index (χ2n) is 9.13. The first-order valence-corrected chi connectivity index (χ1v) is 12.2. The van der Waals surface area contributed by atoms with E-state index in [-0.39, 0.29) is 11.9 Å². The number of nitrogens with zero attached hydrogens (tertiary/aromatic N) is 6. The first-order valence-electron chi connectivity index (χ1n) is 11.4. The number of nitrogens with one attached hydrogen (secondary N) is 2. The smallest absolute Gasteiger partial charge is 0.233 e. The zero-order valence-corrected chi connectivity index (χ0v) is 20.5. The summed E-state index contributed by atoms with van der Waals surface area (Å²) in [5.41, 5.74) is 6.46. The van der Waals surface area contributed by atoms with E-state index in [1.54, 1.807) is 24.7 Å². The molecule has 1 unspecified atom stereocenters. The molecule has 0 saturated carbocycles. The van der Waals surface area contributed by atoms with Crippen LogP contribution in [0, 0.1) is 6.92 Å². The summed E-state index contributed by atoms with van der Waals surface area (Å²) < 4.78 is 1.84. The molecule has 0 aromatic carbocycles. The van der Waals surface area contributed by atoms with Crippen LogP contribution < -0.4 is 10.2 Å². The lowest BCUT2D eigenvalue weighted by atomic mass is 9.99. The molecule has 10 heteroatoms. The minimum absolute atomic E-state index is 0.0617. The average molecular weight is 467 g/mol. The Balaban J connectivity index is 1.47. The fourth-order valence-electron chi connectivity index (χ4n) is 4.76. The second kappa shape index (κ2) is 8.42. The van der Waals surface area contributed by atoms with Crippen LogP contribution in [0.25, 0.3) is 27.3 Å². The zero-order valence-electron chi connectivity index (χ0n) is 19.7. The number of fused-ring (bicyclic) bond motifs is 2. The monoisotopic (exact) mass is 466 g/mol. The highest BCUT2D eigenvalue weighted by molar-refractivity contribution is 7.21. The van der Waals surface area contributed by atoms with Crippen molar-refractivity contribution < 1.29 is 4.79 Å². The van der Waals surface area contributed by atoms with Crippen LogP contribution in [-0.4, -0.2) is 74.6 Å². The number of piperazine rings is 1. The Morgan fingerprint density at radius 1 is 1.36 bits per heavy atom. The van der Waals surface area contributed by atoms with E-state index in [2.05, 4.69) is 63.9 Å². The van der Waals surface area contributed by atoms with Gasteiger partial charge in [0.2, 0.25) is 5.91 Å². The first-order chi connectivity index (χ1) is 15.9.